The molecule has 0 aliphatic heterocycles. The van der Waals surface area contributed by atoms with E-state index in [2.05, 4.69) is 21.2 Å². The summed E-state index contributed by atoms with van der Waals surface area (Å²) >= 11 is 3.44. The first-order valence-electron chi connectivity index (χ1n) is 6.06. The van der Waals surface area contributed by atoms with Gasteiger partial charge in [-0.25, -0.2) is 0 Å². The molecule has 1 atom stereocenters. The van der Waals surface area contributed by atoms with Crippen molar-refractivity contribution in [2.75, 3.05) is 14.2 Å². The predicted molar refractivity (Wildman–Crippen MR) is 78.5 cm³/mol. The number of carbonyl (C=O) groups is 1. The second-order valence-electron chi connectivity index (χ2n) is 5.13. The van der Waals surface area contributed by atoms with E-state index in [1.807, 2.05) is 25.2 Å². The van der Waals surface area contributed by atoms with E-state index in [0.717, 1.165) is 15.8 Å². The second kappa shape index (κ2) is 6.39. The van der Waals surface area contributed by atoms with Crippen molar-refractivity contribution in [2.24, 2.45) is 5.41 Å². The Kier molecular flexibility index (Phi) is 5.38. The van der Waals surface area contributed by atoms with Crippen LogP contribution in [0.15, 0.2) is 22.7 Å². The first-order valence-corrected chi connectivity index (χ1v) is 6.85. The molecule has 2 N–H and O–H groups in total. The smallest absolute Gasteiger partial charge is 0.309 e. The normalized spacial score (nSPS) is 13.1. The van der Waals surface area contributed by atoms with Gasteiger partial charge in [0.15, 0.2) is 0 Å². The number of benzene rings is 1. The van der Waals surface area contributed by atoms with Crippen LogP contribution in [0.1, 0.15) is 31.9 Å². The van der Waals surface area contributed by atoms with Gasteiger partial charge in [0, 0.05) is 6.04 Å². The lowest BCUT2D eigenvalue weighted by Gasteiger charge is -2.26. The monoisotopic (exact) mass is 329 g/mol. The molecule has 1 unspecified atom stereocenters. The van der Waals surface area contributed by atoms with Crippen LogP contribution in [0.2, 0.25) is 0 Å². The molecule has 0 saturated heterocycles. The molecular weight excluding hydrogens is 310 g/mol. The molecule has 0 radical (unpaired) electrons. The van der Waals surface area contributed by atoms with E-state index in [1.165, 1.54) is 0 Å². The van der Waals surface area contributed by atoms with Crippen LogP contribution in [0.4, 0.5) is 0 Å². The van der Waals surface area contributed by atoms with E-state index in [-0.39, 0.29) is 6.04 Å². The van der Waals surface area contributed by atoms with Gasteiger partial charge in [0.25, 0.3) is 0 Å². The number of carboxylic acids is 1. The number of hydrogen-bond acceptors (Lipinski definition) is 3. The summed E-state index contributed by atoms with van der Waals surface area (Å²) in [5.41, 5.74) is 0.254. The highest BCUT2D eigenvalue weighted by molar-refractivity contribution is 9.10. The van der Waals surface area contributed by atoms with Crippen LogP contribution in [0, 0.1) is 5.41 Å². The number of ether oxygens (including phenoxy) is 1. The molecule has 4 nitrogen and oxygen atoms in total. The third-order valence-corrected chi connectivity index (χ3v) is 3.84. The van der Waals surface area contributed by atoms with E-state index in [4.69, 9.17) is 4.74 Å². The molecule has 0 bridgehead atoms. The van der Waals surface area contributed by atoms with Gasteiger partial charge < -0.3 is 15.2 Å². The van der Waals surface area contributed by atoms with Gasteiger partial charge in [-0.05, 0) is 60.9 Å². The van der Waals surface area contributed by atoms with Gasteiger partial charge >= 0.3 is 5.97 Å². The third kappa shape index (κ3) is 3.94. The number of nitrogens with one attached hydrogen (secondary N) is 1. The van der Waals surface area contributed by atoms with E-state index in [0.29, 0.717) is 6.42 Å². The van der Waals surface area contributed by atoms with Crippen LogP contribution in [0.3, 0.4) is 0 Å². The van der Waals surface area contributed by atoms with Crippen LogP contribution in [0.5, 0.6) is 5.75 Å². The Morgan fingerprint density at radius 1 is 1.53 bits per heavy atom. The zero-order valence-electron chi connectivity index (χ0n) is 11.7. The van der Waals surface area contributed by atoms with Crippen molar-refractivity contribution in [3.8, 4) is 5.75 Å². The third-order valence-electron chi connectivity index (χ3n) is 3.22. The maximum Gasteiger partial charge on any atom is 0.309 e. The fourth-order valence-electron chi connectivity index (χ4n) is 1.88. The van der Waals surface area contributed by atoms with Crippen molar-refractivity contribution in [1.82, 2.24) is 5.32 Å². The fraction of sp³-hybridized carbons (Fsp3) is 0.500. The van der Waals surface area contributed by atoms with Gasteiger partial charge in [-0.15, -0.1) is 0 Å². The molecule has 1 aromatic rings. The summed E-state index contributed by atoms with van der Waals surface area (Å²) in [6.07, 6.45) is 0.512. The SMILES string of the molecule is CNC(CC(C)(C)C(=O)O)c1ccc(OC)c(Br)c1. The van der Waals surface area contributed by atoms with E-state index < -0.39 is 11.4 Å². The molecule has 0 heterocycles. The Bertz CT molecular complexity index is 460. The molecule has 0 aromatic heterocycles. The van der Waals surface area contributed by atoms with E-state index in [1.54, 1.807) is 21.0 Å². The first kappa shape index (κ1) is 16.0. The number of methoxy groups -OCH3 is 1. The Hall–Kier alpha value is -1.07. The zero-order chi connectivity index (χ0) is 14.6. The lowest BCUT2D eigenvalue weighted by Crippen LogP contribution is -2.30. The number of carboxylic acid groups (broad SMARTS) is 1. The Labute approximate surface area is 122 Å². The molecular formula is C14H20BrNO3. The van der Waals surface area contributed by atoms with E-state index >= 15 is 0 Å². The minimum Gasteiger partial charge on any atom is -0.496 e. The zero-order valence-corrected chi connectivity index (χ0v) is 13.2. The standard InChI is InChI=1S/C14H20BrNO3/c1-14(2,13(17)18)8-11(16-3)9-5-6-12(19-4)10(15)7-9/h5-7,11,16H,8H2,1-4H3,(H,17,18). The number of aliphatic carboxylic acids is 1. The predicted octanol–water partition coefficient (Wildman–Crippen LogP) is 3.22. The molecule has 0 aliphatic carbocycles. The summed E-state index contributed by atoms with van der Waals surface area (Å²) in [6.45, 7) is 3.47. The highest BCUT2D eigenvalue weighted by Gasteiger charge is 2.30. The number of halogens is 1. The lowest BCUT2D eigenvalue weighted by molar-refractivity contribution is -0.147. The van der Waals surface area contributed by atoms with Crippen molar-refractivity contribution in [1.29, 1.82) is 0 Å². The van der Waals surface area contributed by atoms with Gasteiger partial charge in [0.05, 0.1) is 17.0 Å². The summed E-state index contributed by atoms with van der Waals surface area (Å²) in [6, 6.07) is 5.76. The van der Waals surface area contributed by atoms with Gasteiger partial charge in [0.1, 0.15) is 5.75 Å². The minimum atomic E-state index is -0.791. The summed E-state index contributed by atoms with van der Waals surface area (Å²) in [5.74, 6) is -0.0311. The topological polar surface area (TPSA) is 58.6 Å². The molecule has 19 heavy (non-hydrogen) atoms. The highest BCUT2D eigenvalue weighted by Crippen LogP contribution is 2.33. The molecule has 0 fully saturated rings. The van der Waals surface area contributed by atoms with Gasteiger partial charge in [-0.3, -0.25) is 4.79 Å². The number of rotatable bonds is 6. The fourth-order valence-corrected chi connectivity index (χ4v) is 2.44. The number of hydrogen-bond donors (Lipinski definition) is 2. The van der Waals surface area contributed by atoms with Crippen molar-refractivity contribution in [2.45, 2.75) is 26.3 Å². The Morgan fingerprint density at radius 2 is 2.16 bits per heavy atom. The first-order chi connectivity index (χ1) is 8.81. The maximum absolute atomic E-state index is 11.2. The summed E-state index contributed by atoms with van der Waals surface area (Å²) < 4.78 is 6.05. The molecule has 106 valence electrons. The van der Waals surface area contributed by atoms with Gasteiger partial charge in [-0.2, -0.15) is 0 Å². The average Bonchev–Trinajstić information content (AvgIpc) is 2.35. The van der Waals surface area contributed by atoms with Crippen LogP contribution < -0.4 is 10.1 Å². The maximum atomic E-state index is 11.2. The second-order valence-corrected chi connectivity index (χ2v) is 5.98. The molecule has 1 aromatic carbocycles. The summed E-state index contributed by atoms with van der Waals surface area (Å²) in [4.78, 5) is 11.2. The van der Waals surface area contributed by atoms with Crippen LogP contribution in [0.25, 0.3) is 0 Å². The Balaban J connectivity index is 2.98. The van der Waals surface area contributed by atoms with Crippen LogP contribution in [-0.4, -0.2) is 25.2 Å². The van der Waals surface area contributed by atoms with Crippen LogP contribution in [-0.2, 0) is 4.79 Å². The van der Waals surface area contributed by atoms with Crippen molar-refractivity contribution < 1.29 is 14.6 Å². The van der Waals surface area contributed by atoms with Crippen LogP contribution >= 0.6 is 15.9 Å². The molecule has 0 saturated carbocycles. The summed E-state index contributed by atoms with van der Waals surface area (Å²) in [7, 11) is 3.45. The van der Waals surface area contributed by atoms with Crippen molar-refractivity contribution in [3.63, 3.8) is 0 Å². The minimum absolute atomic E-state index is 0.0201. The molecule has 0 spiro atoms. The summed E-state index contributed by atoms with van der Waals surface area (Å²) in [5, 5.41) is 12.4. The van der Waals surface area contributed by atoms with Gasteiger partial charge in [-0.1, -0.05) is 6.07 Å². The largest absolute Gasteiger partial charge is 0.496 e. The van der Waals surface area contributed by atoms with E-state index in [9.17, 15) is 9.90 Å². The quantitative estimate of drug-likeness (QED) is 0.841. The Morgan fingerprint density at radius 3 is 2.58 bits per heavy atom. The molecule has 0 amide bonds. The lowest BCUT2D eigenvalue weighted by atomic mass is 9.83. The van der Waals surface area contributed by atoms with Crippen molar-refractivity contribution >= 4 is 21.9 Å². The van der Waals surface area contributed by atoms with Crippen molar-refractivity contribution in [3.05, 3.63) is 28.2 Å². The average molecular weight is 330 g/mol. The van der Waals surface area contributed by atoms with Gasteiger partial charge in [0.2, 0.25) is 0 Å². The molecule has 1 rings (SSSR count). The molecule has 5 heteroatoms. The highest BCUT2D eigenvalue weighted by atomic mass is 79.9. The molecule has 0 aliphatic rings.